The Morgan fingerprint density at radius 1 is 1.00 bits per heavy atom. The summed E-state index contributed by atoms with van der Waals surface area (Å²) in [4.78, 5) is 49.7. The van der Waals surface area contributed by atoms with Crippen molar-refractivity contribution in [2.75, 3.05) is 31.2 Å². The number of fused-ring (bicyclic) bond motifs is 1. The summed E-state index contributed by atoms with van der Waals surface area (Å²) < 4.78 is 4.80. The average molecular weight is 666 g/mol. The van der Waals surface area contributed by atoms with Gasteiger partial charge in [-0.2, -0.15) is 0 Å². The van der Waals surface area contributed by atoms with Gasteiger partial charge in [0.25, 0.3) is 0 Å². The number of aliphatic hydroxyl groups excluding tert-OH is 1. The molecule has 48 heavy (non-hydrogen) atoms. The van der Waals surface area contributed by atoms with Crippen molar-refractivity contribution in [1.82, 2.24) is 9.80 Å². The molecule has 0 saturated carbocycles. The molecule has 3 saturated heterocycles. The number of carbonyl (C=O) groups is 3. The molecule has 3 aliphatic heterocycles. The second-order valence-corrected chi connectivity index (χ2v) is 14.2. The van der Waals surface area contributed by atoms with Crippen LogP contribution < -0.4 is 9.64 Å². The lowest BCUT2D eigenvalue weighted by Gasteiger charge is -2.40. The Kier molecular flexibility index (Phi) is 10.1. The third-order valence-electron chi connectivity index (χ3n) is 9.86. The summed E-state index contributed by atoms with van der Waals surface area (Å²) in [7, 11) is 0. The number of hydrogen-bond donors (Lipinski definition) is 1. The van der Waals surface area contributed by atoms with Crippen LogP contribution >= 0.6 is 11.8 Å². The summed E-state index contributed by atoms with van der Waals surface area (Å²) in [6, 6.07) is 24.9. The molecule has 250 valence electrons. The number of rotatable bonds is 14. The minimum absolute atomic E-state index is 0.120. The number of benzene rings is 3. The fourth-order valence-electron chi connectivity index (χ4n) is 7.90. The lowest BCUT2D eigenvalue weighted by Crippen LogP contribution is -2.55. The molecule has 3 heterocycles. The van der Waals surface area contributed by atoms with E-state index in [1.807, 2.05) is 91.9 Å². The minimum atomic E-state index is -0.873. The Bertz CT molecular complexity index is 1630. The van der Waals surface area contributed by atoms with Crippen LogP contribution in [0.3, 0.4) is 0 Å². The number of carbonyl (C=O) groups excluding carboxylic acids is 3. The quantitative estimate of drug-likeness (QED) is 0.224. The van der Waals surface area contributed by atoms with E-state index in [0.717, 1.165) is 11.1 Å². The molecular weight excluding hydrogens is 623 g/mol. The number of nitrogens with zero attached hydrogens (tertiary/aromatic N) is 3. The first kappa shape index (κ1) is 33.6. The number of aliphatic hydroxyl groups is 1. The molecule has 3 amide bonds. The Balaban J connectivity index is 1.42. The van der Waals surface area contributed by atoms with Gasteiger partial charge >= 0.3 is 0 Å². The highest BCUT2D eigenvalue weighted by molar-refractivity contribution is 8.02. The van der Waals surface area contributed by atoms with Gasteiger partial charge in [-0.15, -0.1) is 24.9 Å². The molecule has 3 aromatic rings. The fourth-order valence-corrected chi connectivity index (χ4v) is 10.1. The number of hydrogen-bond acceptors (Lipinski definition) is 6. The van der Waals surface area contributed by atoms with E-state index in [9.17, 15) is 19.5 Å². The van der Waals surface area contributed by atoms with Gasteiger partial charge in [0.2, 0.25) is 17.7 Å². The molecule has 1 N–H and O–H groups in total. The summed E-state index contributed by atoms with van der Waals surface area (Å²) in [5, 5.41) is 10.7. The van der Waals surface area contributed by atoms with Gasteiger partial charge in [0.15, 0.2) is 0 Å². The van der Waals surface area contributed by atoms with Crippen LogP contribution in [0, 0.1) is 11.8 Å². The highest BCUT2D eigenvalue weighted by Gasteiger charge is 2.74. The van der Waals surface area contributed by atoms with Gasteiger partial charge < -0.3 is 24.5 Å². The summed E-state index contributed by atoms with van der Waals surface area (Å²) in [6.07, 6.45) is 4.73. The van der Waals surface area contributed by atoms with Gasteiger partial charge in [-0.05, 0) is 55.2 Å². The van der Waals surface area contributed by atoms with Crippen LogP contribution in [0.15, 0.2) is 110 Å². The molecule has 9 heteroatoms. The third kappa shape index (κ3) is 5.94. The van der Waals surface area contributed by atoms with E-state index in [-0.39, 0.29) is 36.1 Å². The third-order valence-corrected chi connectivity index (χ3v) is 11.8. The van der Waals surface area contributed by atoms with Crippen molar-refractivity contribution in [2.45, 2.75) is 48.4 Å². The molecule has 0 aromatic heterocycles. The zero-order valence-electron chi connectivity index (χ0n) is 27.3. The summed E-state index contributed by atoms with van der Waals surface area (Å²) in [5.41, 5.74) is 2.40. The van der Waals surface area contributed by atoms with Gasteiger partial charge in [0.05, 0.1) is 35.8 Å². The molecule has 1 spiro atoms. The Hall–Kier alpha value is -4.34. The standard InChI is InChI=1S/C39H43N3O5S/c1-4-23-40(25-27-13-9-7-10-14-27)38(46)35-39-22-21-32(48-39)33(34(39)37(45)42(35)31(26-43)28-15-11-8-12-16-28)36(44)41(24-5-2)29-17-19-30(20-18-29)47-6-3/h4-5,7-20,31-35,43H,1-2,6,21-26H2,3H3/t31-,32-,33+,34+,35?,39?/m1/s1. The predicted octanol–water partition coefficient (Wildman–Crippen LogP) is 5.64. The van der Waals surface area contributed by atoms with Gasteiger partial charge in [-0.1, -0.05) is 72.8 Å². The zero-order chi connectivity index (χ0) is 33.8. The highest BCUT2D eigenvalue weighted by Crippen LogP contribution is 2.67. The van der Waals surface area contributed by atoms with Crippen LogP contribution in [-0.4, -0.2) is 75.0 Å². The molecule has 0 aliphatic carbocycles. The zero-order valence-corrected chi connectivity index (χ0v) is 28.1. The van der Waals surface area contributed by atoms with Crippen molar-refractivity contribution in [1.29, 1.82) is 0 Å². The van der Waals surface area contributed by atoms with Crippen molar-refractivity contribution < 1.29 is 24.2 Å². The van der Waals surface area contributed by atoms with Crippen molar-refractivity contribution in [3.63, 3.8) is 0 Å². The second kappa shape index (κ2) is 14.4. The molecule has 3 aliphatic rings. The molecule has 6 atom stereocenters. The second-order valence-electron chi connectivity index (χ2n) is 12.6. The van der Waals surface area contributed by atoms with Crippen LogP contribution in [0.2, 0.25) is 0 Å². The number of amides is 3. The van der Waals surface area contributed by atoms with Crippen molar-refractivity contribution in [2.24, 2.45) is 11.8 Å². The summed E-state index contributed by atoms with van der Waals surface area (Å²) >= 11 is 1.62. The van der Waals surface area contributed by atoms with Gasteiger partial charge in [-0.3, -0.25) is 14.4 Å². The Morgan fingerprint density at radius 2 is 1.67 bits per heavy atom. The van der Waals surface area contributed by atoms with Gasteiger partial charge in [-0.25, -0.2) is 0 Å². The molecule has 2 bridgehead atoms. The topological polar surface area (TPSA) is 90.4 Å². The van der Waals surface area contributed by atoms with E-state index in [0.29, 0.717) is 44.0 Å². The maximum absolute atomic E-state index is 15.0. The lowest BCUT2D eigenvalue weighted by atomic mass is 9.70. The van der Waals surface area contributed by atoms with Crippen LogP contribution in [0.25, 0.3) is 0 Å². The molecule has 2 unspecified atom stereocenters. The SMILES string of the molecule is C=CCN(Cc1ccccc1)C(=O)C1N([C@H](CO)c2ccccc2)C(=O)[C@@H]2[C@@H](C(=O)N(CC=C)c3ccc(OCC)cc3)[C@H]3CCC12S3. The summed E-state index contributed by atoms with van der Waals surface area (Å²) in [5.74, 6) is -1.26. The van der Waals surface area contributed by atoms with E-state index in [1.165, 1.54) is 0 Å². The number of thioether (sulfide) groups is 1. The molecule has 0 radical (unpaired) electrons. The summed E-state index contributed by atoms with van der Waals surface area (Å²) in [6.45, 7) is 10.8. The predicted molar refractivity (Wildman–Crippen MR) is 189 cm³/mol. The molecule has 8 nitrogen and oxygen atoms in total. The molecule has 3 aromatic carbocycles. The molecule has 3 fully saturated rings. The number of likely N-dealkylation sites (tertiary alicyclic amines) is 1. The van der Waals surface area contributed by atoms with E-state index >= 15 is 0 Å². The molecular formula is C39H43N3O5S. The average Bonchev–Trinajstić information content (AvgIpc) is 3.76. The number of ether oxygens (including phenoxy) is 1. The Labute approximate surface area is 287 Å². The van der Waals surface area contributed by atoms with E-state index < -0.39 is 28.7 Å². The normalized spacial score (nSPS) is 24.5. The van der Waals surface area contributed by atoms with Gasteiger partial charge in [0.1, 0.15) is 11.8 Å². The van der Waals surface area contributed by atoms with Crippen LogP contribution in [0.1, 0.15) is 36.9 Å². The van der Waals surface area contributed by atoms with E-state index in [1.54, 1.807) is 38.6 Å². The first-order valence-corrected chi connectivity index (χ1v) is 17.5. The smallest absolute Gasteiger partial charge is 0.247 e. The maximum Gasteiger partial charge on any atom is 0.247 e. The van der Waals surface area contributed by atoms with Crippen molar-refractivity contribution >= 4 is 35.2 Å². The van der Waals surface area contributed by atoms with Gasteiger partial charge in [0, 0.05) is 30.6 Å². The van der Waals surface area contributed by atoms with E-state index in [4.69, 9.17) is 4.74 Å². The largest absolute Gasteiger partial charge is 0.494 e. The van der Waals surface area contributed by atoms with Crippen LogP contribution in [-0.2, 0) is 20.9 Å². The van der Waals surface area contributed by atoms with E-state index in [2.05, 4.69) is 13.2 Å². The highest BCUT2D eigenvalue weighted by atomic mass is 32.2. The number of anilines is 1. The van der Waals surface area contributed by atoms with Crippen LogP contribution in [0.4, 0.5) is 5.69 Å². The first-order valence-electron chi connectivity index (χ1n) is 16.6. The molecule has 6 rings (SSSR count). The maximum atomic E-state index is 15.0. The first-order chi connectivity index (χ1) is 23.4. The van der Waals surface area contributed by atoms with Crippen molar-refractivity contribution in [3.05, 3.63) is 121 Å². The minimum Gasteiger partial charge on any atom is -0.494 e. The van der Waals surface area contributed by atoms with Crippen LogP contribution in [0.5, 0.6) is 5.75 Å². The lowest BCUT2D eigenvalue weighted by molar-refractivity contribution is -0.146. The fraction of sp³-hybridized carbons (Fsp3) is 0.359. The van der Waals surface area contributed by atoms with Crippen molar-refractivity contribution in [3.8, 4) is 5.75 Å². The Morgan fingerprint density at radius 3 is 2.29 bits per heavy atom. The monoisotopic (exact) mass is 665 g/mol.